The number of rotatable bonds is 5. The number of aromatic nitrogens is 2. The summed E-state index contributed by atoms with van der Waals surface area (Å²) in [7, 11) is 1.90. The van der Waals surface area contributed by atoms with Gasteiger partial charge in [0, 0.05) is 5.69 Å². The summed E-state index contributed by atoms with van der Waals surface area (Å²) in [6.45, 7) is 4.80. The number of aromatic amines is 1. The van der Waals surface area contributed by atoms with Crippen LogP contribution in [0, 0.1) is 13.8 Å². The molecule has 1 atom stereocenters. The lowest BCUT2D eigenvalue weighted by Crippen LogP contribution is -3.08. The Labute approximate surface area is 151 Å². The summed E-state index contributed by atoms with van der Waals surface area (Å²) in [6.07, 6.45) is 0. The lowest BCUT2D eigenvalue weighted by molar-refractivity contribution is -0.885. The van der Waals surface area contributed by atoms with Gasteiger partial charge in [-0.3, -0.25) is 9.59 Å². The molecule has 1 heterocycles. The number of aryl methyl sites for hydroxylation is 2. The topological polar surface area (TPSA) is 79.3 Å². The fourth-order valence-corrected chi connectivity index (χ4v) is 2.87. The fourth-order valence-electron chi connectivity index (χ4n) is 2.87. The molecule has 1 unspecified atom stereocenters. The molecule has 0 saturated heterocycles. The number of amides is 1. The molecule has 2 aromatic carbocycles. The number of anilines is 1. The maximum Gasteiger partial charge on any atom is 0.279 e. The highest BCUT2D eigenvalue weighted by Gasteiger charge is 2.13. The van der Waals surface area contributed by atoms with Gasteiger partial charge in [0.15, 0.2) is 12.4 Å². The van der Waals surface area contributed by atoms with E-state index in [0.29, 0.717) is 23.3 Å². The van der Waals surface area contributed by atoms with E-state index in [1.54, 1.807) is 6.07 Å². The highest BCUT2D eigenvalue weighted by Crippen LogP contribution is 2.13. The molecule has 0 aliphatic heterocycles. The van der Waals surface area contributed by atoms with E-state index >= 15 is 0 Å². The molecule has 3 aromatic rings. The van der Waals surface area contributed by atoms with Gasteiger partial charge in [0.25, 0.3) is 11.5 Å². The Balaban J connectivity index is 1.64. The van der Waals surface area contributed by atoms with Gasteiger partial charge >= 0.3 is 0 Å². The minimum atomic E-state index is -0.155. The molecule has 0 saturated carbocycles. The van der Waals surface area contributed by atoms with Crippen LogP contribution in [0.4, 0.5) is 5.69 Å². The number of H-pyrrole nitrogens is 1. The summed E-state index contributed by atoms with van der Waals surface area (Å²) >= 11 is 0. The van der Waals surface area contributed by atoms with Crippen molar-refractivity contribution in [2.24, 2.45) is 0 Å². The lowest BCUT2D eigenvalue weighted by atomic mass is 10.1. The zero-order valence-electron chi connectivity index (χ0n) is 15.2. The van der Waals surface area contributed by atoms with E-state index in [1.807, 2.05) is 57.3 Å². The molecule has 134 valence electrons. The third-order valence-corrected chi connectivity index (χ3v) is 4.38. The summed E-state index contributed by atoms with van der Waals surface area (Å²) in [5.41, 5.74) is 3.64. The number of para-hydroxylation sites is 1. The summed E-state index contributed by atoms with van der Waals surface area (Å²) in [4.78, 5) is 32.6. The number of hydrogen-bond donors (Lipinski definition) is 3. The van der Waals surface area contributed by atoms with E-state index in [0.717, 1.165) is 16.2 Å². The zero-order chi connectivity index (χ0) is 18.7. The molecular weight excluding hydrogens is 328 g/mol. The van der Waals surface area contributed by atoms with E-state index in [1.165, 1.54) is 5.56 Å². The Bertz CT molecular complexity index is 1010. The number of nitrogens with zero attached hydrogens (tertiary/aromatic N) is 1. The number of likely N-dealkylation sites (N-methyl/N-ethyl adjacent to an activating group) is 1. The van der Waals surface area contributed by atoms with Crippen molar-refractivity contribution in [2.45, 2.75) is 20.4 Å². The molecule has 6 heteroatoms. The first kappa shape index (κ1) is 17.8. The van der Waals surface area contributed by atoms with Crippen molar-refractivity contribution in [2.75, 3.05) is 18.9 Å². The molecule has 0 bridgehead atoms. The van der Waals surface area contributed by atoms with Gasteiger partial charge in [0.1, 0.15) is 6.54 Å². The Morgan fingerprint density at radius 3 is 2.69 bits per heavy atom. The minimum absolute atomic E-state index is 0.0751. The van der Waals surface area contributed by atoms with Crippen LogP contribution >= 0.6 is 0 Å². The third-order valence-electron chi connectivity index (χ3n) is 4.38. The second kappa shape index (κ2) is 7.49. The second-order valence-corrected chi connectivity index (χ2v) is 6.69. The first-order valence-electron chi connectivity index (χ1n) is 8.59. The van der Waals surface area contributed by atoms with Crippen LogP contribution in [0.1, 0.15) is 17.0 Å². The predicted octanol–water partition coefficient (Wildman–Crippen LogP) is 1.19. The summed E-state index contributed by atoms with van der Waals surface area (Å²) in [6, 6.07) is 13.1. The van der Waals surface area contributed by atoms with Crippen LogP contribution < -0.4 is 15.8 Å². The quantitative estimate of drug-likeness (QED) is 0.646. The van der Waals surface area contributed by atoms with Gasteiger partial charge in [-0.15, -0.1) is 0 Å². The number of fused-ring (bicyclic) bond motifs is 1. The molecule has 3 rings (SSSR count). The van der Waals surface area contributed by atoms with Crippen LogP contribution in [0.2, 0.25) is 0 Å². The van der Waals surface area contributed by atoms with Crippen LogP contribution in [-0.4, -0.2) is 29.5 Å². The van der Waals surface area contributed by atoms with Crippen LogP contribution in [-0.2, 0) is 11.3 Å². The molecule has 0 aliphatic rings. The van der Waals surface area contributed by atoms with Gasteiger partial charge < -0.3 is 15.2 Å². The summed E-state index contributed by atoms with van der Waals surface area (Å²) in [5.74, 6) is 0.499. The second-order valence-electron chi connectivity index (χ2n) is 6.69. The van der Waals surface area contributed by atoms with Crippen molar-refractivity contribution in [3.63, 3.8) is 0 Å². The van der Waals surface area contributed by atoms with E-state index in [2.05, 4.69) is 15.3 Å². The molecule has 3 N–H and O–H groups in total. The SMILES string of the molecule is Cc1ccc(NC(=O)C[NH+](C)Cc2nc3ccccc3c(=O)[nH]2)cc1C. The highest BCUT2D eigenvalue weighted by atomic mass is 16.2. The largest absolute Gasteiger partial charge is 0.323 e. The van der Waals surface area contributed by atoms with E-state index in [4.69, 9.17) is 0 Å². The van der Waals surface area contributed by atoms with Crippen molar-refractivity contribution < 1.29 is 9.69 Å². The molecule has 6 nitrogen and oxygen atoms in total. The lowest BCUT2D eigenvalue weighted by Gasteiger charge is -2.14. The standard InChI is InChI=1S/C20H22N4O2/c1-13-8-9-15(10-14(13)2)21-19(25)12-24(3)11-18-22-17-7-5-4-6-16(17)20(26)23-18/h4-10H,11-12H2,1-3H3,(H,21,25)(H,22,23,26)/p+1. The minimum Gasteiger partial charge on any atom is -0.323 e. The van der Waals surface area contributed by atoms with Gasteiger partial charge in [0.05, 0.1) is 18.0 Å². The molecule has 0 fully saturated rings. The van der Waals surface area contributed by atoms with Crippen molar-refractivity contribution in [1.82, 2.24) is 9.97 Å². The zero-order valence-corrected chi connectivity index (χ0v) is 15.2. The fraction of sp³-hybridized carbons (Fsp3) is 0.250. The van der Waals surface area contributed by atoms with E-state index < -0.39 is 0 Å². The van der Waals surface area contributed by atoms with Gasteiger partial charge in [-0.2, -0.15) is 0 Å². The number of nitrogens with one attached hydrogen (secondary N) is 3. The van der Waals surface area contributed by atoms with E-state index in [-0.39, 0.29) is 18.0 Å². The molecular formula is C20H23N4O2+. The summed E-state index contributed by atoms with van der Waals surface area (Å²) < 4.78 is 0. The monoisotopic (exact) mass is 351 g/mol. The van der Waals surface area contributed by atoms with Crippen LogP contribution in [0.15, 0.2) is 47.3 Å². The first-order chi connectivity index (χ1) is 12.4. The van der Waals surface area contributed by atoms with Crippen molar-refractivity contribution in [3.05, 3.63) is 69.8 Å². The molecule has 1 aromatic heterocycles. The maximum absolute atomic E-state index is 12.3. The van der Waals surface area contributed by atoms with Gasteiger partial charge in [-0.1, -0.05) is 18.2 Å². The maximum atomic E-state index is 12.3. The summed E-state index contributed by atoms with van der Waals surface area (Å²) in [5, 5.41) is 3.49. The van der Waals surface area contributed by atoms with E-state index in [9.17, 15) is 9.59 Å². The smallest absolute Gasteiger partial charge is 0.279 e. The van der Waals surface area contributed by atoms with Crippen molar-refractivity contribution >= 4 is 22.5 Å². The average Bonchev–Trinajstić information content (AvgIpc) is 2.58. The van der Waals surface area contributed by atoms with Crippen LogP contribution in [0.3, 0.4) is 0 Å². The Hall–Kier alpha value is -2.99. The number of carbonyl (C=O) groups is 1. The Morgan fingerprint density at radius 1 is 1.15 bits per heavy atom. The van der Waals surface area contributed by atoms with Crippen molar-refractivity contribution in [3.8, 4) is 0 Å². The van der Waals surface area contributed by atoms with Crippen LogP contribution in [0.25, 0.3) is 10.9 Å². The van der Waals surface area contributed by atoms with Gasteiger partial charge in [-0.05, 0) is 49.2 Å². The van der Waals surface area contributed by atoms with Crippen LogP contribution in [0.5, 0.6) is 0 Å². The molecule has 1 amide bonds. The number of carbonyl (C=O) groups excluding carboxylic acids is 1. The Morgan fingerprint density at radius 2 is 1.92 bits per heavy atom. The number of benzene rings is 2. The molecule has 0 aliphatic carbocycles. The highest BCUT2D eigenvalue weighted by molar-refractivity contribution is 5.91. The Kier molecular flexibility index (Phi) is 5.14. The average molecular weight is 351 g/mol. The van der Waals surface area contributed by atoms with Crippen molar-refractivity contribution in [1.29, 1.82) is 0 Å². The van der Waals surface area contributed by atoms with Gasteiger partial charge in [0.2, 0.25) is 0 Å². The molecule has 0 spiro atoms. The number of hydrogen-bond acceptors (Lipinski definition) is 3. The van der Waals surface area contributed by atoms with Gasteiger partial charge in [-0.25, -0.2) is 4.98 Å². The first-order valence-corrected chi connectivity index (χ1v) is 8.59. The normalized spacial score (nSPS) is 12.1. The third kappa shape index (κ3) is 4.15. The molecule has 26 heavy (non-hydrogen) atoms. The predicted molar refractivity (Wildman–Crippen MR) is 102 cm³/mol. The molecule has 0 radical (unpaired) electrons. The number of quaternary nitrogens is 1.